The molecule has 0 aromatic heterocycles. The number of anilines is 1. The number of ether oxygens (including phenoxy) is 2. The summed E-state index contributed by atoms with van der Waals surface area (Å²) in [6.45, 7) is -0.308. The molecule has 3 heterocycles. The predicted octanol–water partition coefficient (Wildman–Crippen LogP) is 5.05. The zero-order valence-electron chi connectivity index (χ0n) is 27.8. The van der Waals surface area contributed by atoms with E-state index in [0.29, 0.717) is 38.7 Å². The molecule has 5 aromatic carbocycles. The fourth-order valence-corrected chi connectivity index (χ4v) is 7.10. The number of amides is 3. The molecule has 0 aliphatic carbocycles. The van der Waals surface area contributed by atoms with Crippen LogP contribution < -0.4 is 20.3 Å². The summed E-state index contributed by atoms with van der Waals surface area (Å²) in [4.78, 5) is 58.8. The van der Waals surface area contributed by atoms with Crippen molar-refractivity contribution in [2.75, 3.05) is 31.1 Å². The highest BCUT2D eigenvalue weighted by Crippen LogP contribution is 2.57. The summed E-state index contributed by atoms with van der Waals surface area (Å²) in [5, 5.41) is 26.2. The Bertz CT molecular complexity index is 2340. The van der Waals surface area contributed by atoms with Gasteiger partial charge in [0.1, 0.15) is 36.1 Å². The molecule has 4 N–H and O–H groups in total. The van der Waals surface area contributed by atoms with Crippen molar-refractivity contribution in [3.63, 3.8) is 0 Å². The van der Waals surface area contributed by atoms with Crippen LogP contribution in [0.25, 0.3) is 0 Å². The molecular weight excluding hydrogens is 700 g/mol. The third kappa shape index (κ3) is 5.88. The highest BCUT2D eigenvalue weighted by molar-refractivity contribution is 6.32. The Kier molecular flexibility index (Phi) is 8.31. The van der Waals surface area contributed by atoms with E-state index in [1.54, 1.807) is 42.5 Å². The molecule has 0 saturated heterocycles. The minimum Gasteiger partial charge on any atom is -0.508 e. The molecule has 0 bridgehead atoms. The number of hydrogen-bond acceptors (Lipinski definition) is 9. The van der Waals surface area contributed by atoms with E-state index in [2.05, 4.69) is 15.6 Å². The minimum atomic E-state index is -1.45. The summed E-state index contributed by atoms with van der Waals surface area (Å²) in [5.41, 5.74) is 2.83. The number of rotatable bonds is 7. The molecule has 5 aromatic rings. The Hall–Kier alpha value is -6.66. The van der Waals surface area contributed by atoms with Crippen LogP contribution in [-0.4, -0.2) is 65.8 Å². The molecule has 12 nitrogen and oxygen atoms in total. The topological polar surface area (TPSA) is 167 Å². The summed E-state index contributed by atoms with van der Waals surface area (Å²) >= 11 is 6.33. The van der Waals surface area contributed by atoms with Gasteiger partial charge in [0, 0.05) is 63.6 Å². The van der Waals surface area contributed by atoms with E-state index in [0.717, 1.165) is 5.56 Å². The number of phenolic OH excluding ortho intramolecular Hbond substituents is 2. The number of aromatic hydroxyl groups is 2. The number of fused-ring (bicyclic) bond motifs is 7. The molecule has 0 saturated carbocycles. The molecule has 0 radical (unpaired) electrons. The lowest BCUT2D eigenvalue weighted by molar-refractivity contribution is -0.123. The third-order valence-electron chi connectivity index (χ3n) is 9.30. The normalized spacial score (nSPS) is 14.8. The number of carbonyl (C=O) groups excluding carboxylic acids is 4. The van der Waals surface area contributed by atoms with Gasteiger partial charge in [-0.15, -0.1) is 0 Å². The number of carbonyl (C=O) groups is 4. The second kappa shape index (κ2) is 13.1. The zero-order valence-corrected chi connectivity index (χ0v) is 28.5. The number of nitrogens with zero attached hydrogens (tertiary/aromatic N) is 2. The molecule has 53 heavy (non-hydrogen) atoms. The van der Waals surface area contributed by atoms with E-state index in [1.807, 2.05) is 30.3 Å². The smallest absolute Gasteiger partial charge is 0.340 e. The molecule has 0 unspecified atom stereocenters. The molecule has 3 amide bonds. The van der Waals surface area contributed by atoms with E-state index >= 15 is 0 Å². The first-order valence-electron chi connectivity index (χ1n) is 16.6. The van der Waals surface area contributed by atoms with Gasteiger partial charge in [-0.3, -0.25) is 19.4 Å². The van der Waals surface area contributed by atoms with E-state index in [4.69, 9.17) is 21.1 Å². The van der Waals surface area contributed by atoms with Crippen molar-refractivity contribution in [3.8, 4) is 23.0 Å². The van der Waals surface area contributed by atoms with Crippen LogP contribution in [0.3, 0.4) is 0 Å². The van der Waals surface area contributed by atoms with E-state index in [-0.39, 0.29) is 66.2 Å². The molecule has 8 rings (SSSR count). The molecule has 13 heteroatoms. The Labute approximate surface area is 307 Å². The zero-order chi connectivity index (χ0) is 36.9. The van der Waals surface area contributed by atoms with Crippen molar-refractivity contribution in [3.05, 3.63) is 147 Å². The van der Waals surface area contributed by atoms with Crippen molar-refractivity contribution >= 4 is 46.7 Å². The van der Waals surface area contributed by atoms with Gasteiger partial charge < -0.3 is 35.2 Å². The number of aliphatic imine (C=N–C) groups is 1. The van der Waals surface area contributed by atoms with Crippen molar-refractivity contribution < 1.29 is 38.9 Å². The number of benzodiazepines with no additional fused rings is 1. The molecule has 0 atom stereocenters. The molecule has 1 spiro atoms. The lowest BCUT2D eigenvalue weighted by Gasteiger charge is -2.36. The summed E-state index contributed by atoms with van der Waals surface area (Å²) in [6, 6.07) is 28.0. The van der Waals surface area contributed by atoms with Gasteiger partial charge in [-0.2, -0.15) is 0 Å². The van der Waals surface area contributed by atoms with Crippen LogP contribution in [0.1, 0.15) is 48.5 Å². The molecule has 3 aliphatic rings. The summed E-state index contributed by atoms with van der Waals surface area (Å²) in [6.07, 6.45) is 0. The SMILES string of the molecule is O=C(CN1C(=O)CN=C(c2ccccc2)c2cc(Cl)ccc21)NCCNC(=O)c1ccc2c(c1)C(=O)OC21c2ccc(O)cc2Oc2cc(O)ccc21. The van der Waals surface area contributed by atoms with Crippen LogP contribution in [0.15, 0.2) is 108 Å². The van der Waals surface area contributed by atoms with Gasteiger partial charge in [0.25, 0.3) is 5.91 Å². The molecule has 3 aliphatic heterocycles. The van der Waals surface area contributed by atoms with Crippen LogP contribution in [-0.2, 0) is 19.9 Å². The second-order valence-electron chi connectivity index (χ2n) is 12.6. The fraction of sp³-hybridized carbons (Fsp3) is 0.125. The highest BCUT2D eigenvalue weighted by Gasteiger charge is 2.53. The molecule has 0 fully saturated rings. The Balaban J connectivity index is 0.949. The van der Waals surface area contributed by atoms with E-state index in [9.17, 15) is 29.4 Å². The van der Waals surface area contributed by atoms with Crippen molar-refractivity contribution in [2.24, 2.45) is 4.99 Å². The number of halogens is 1. The van der Waals surface area contributed by atoms with Crippen molar-refractivity contribution in [1.82, 2.24) is 10.6 Å². The second-order valence-corrected chi connectivity index (χ2v) is 13.0. The Morgan fingerprint density at radius 1 is 0.792 bits per heavy atom. The summed E-state index contributed by atoms with van der Waals surface area (Å²) in [7, 11) is 0. The minimum absolute atomic E-state index is 0.0581. The van der Waals surface area contributed by atoms with Crippen molar-refractivity contribution in [2.45, 2.75) is 5.60 Å². The maximum absolute atomic E-state index is 13.4. The Morgan fingerprint density at radius 2 is 1.47 bits per heavy atom. The average Bonchev–Trinajstić information content (AvgIpc) is 3.36. The van der Waals surface area contributed by atoms with Gasteiger partial charge in [0.15, 0.2) is 5.60 Å². The first-order valence-corrected chi connectivity index (χ1v) is 17.0. The predicted molar refractivity (Wildman–Crippen MR) is 194 cm³/mol. The molecular formula is C40H29ClN4O8. The summed E-state index contributed by atoms with van der Waals surface area (Å²) in [5.74, 6) is -1.60. The number of benzene rings is 5. The van der Waals surface area contributed by atoms with Gasteiger partial charge in [-0.05, 0) is 54.6 Å². The van der Waals surface area contributed by atoms with Gasteiger partial charge in [0.05, 0.1) is 17.0 Å². The lowest BCUT2D eigenvalue weighted by Crippen LogP contribution is -2.43. The standard InChI is InChI=1S/C40H29ClN4O8/c41-24-7-13-32-28(17-24)37(22-4-2-1-3-5-22)44-20-36(49)45(32)21-35(48)42-14-15-43-38(50)23-6-10-29-27(16-23)39(51)53-40(29)30-11-8-25(46)18-33(30)52-34-19-26(47)9-12-31(34)40/h1-13,16-19,46-47H,14-15,20-21H2,(H,42,48)(H,43,50). The van der Waals surface area contributed by atoms with Crippen LogP contribution in [0, 0.1) is 0 Å². The maximum Gasteiger partial charge on any atom is 0.340 e. The monoisotopic (exact) mass is 728 g/mol. The van der Waals surface area contributed by atoms with Crippen molar-refractivity contribution in [1.29, 1.82) is 0 Å². The van der Waals surface area contributed by atoms with Crippen LogP contribution in [0.5, 0.6) is 23.0 Å². The average molecular weight is 729 g/mol. The van der Waals surface area contributed by atoms with E-state index < -0.39 is 23.4 Å². The first kappa shape index (κ1) is 33.5. The quantitative estimate of drug-likeness (QED) is 0.134. The van der Waals surface area contributed by atoms with Gasteiger partial charge >= 0.3 is 5.97 Å². The molecule has 264 valence electrons. The van der Waals surface area contributed by atoms with Gasteiger partial charge in [0.2, 0.25) is 11.8 Å². The Morgan fingerprint density at radius 3 is 2.19 bits per heavy atom. The third-order valence-corrected chi connectivity index (χ3v) is 9.53. The first-order chi connectivity index (χ1) is 25.6. The van der Waals surface area contributed by atoms with Crippen LogP contribution >= 0.6 is 11.6 Å². The lowest BCUT2D eigenvalue weighted by atomic mass is 9.77. The fourth-order valence-electron chi connectivity index (χ4n) is 6.93. The number of phenols is 2. The van der Waals surface area contributed by atoms with Crippen LogP contribution in [0.2, 0.25) is 5.02 Å². The van der Waals surface area contributed by atoms with E-state index in [1.165, 1.54) is 35.2 Å². The highest BCUT2D eigenvalue weighted by atomic mass is 35.5. The number of nitrogens with one attached hydrogen (secondary N) is 2. The summed E-state index contributed by atoms with van der Waals surface area (Å²) < 4.78 is 12.1. The number of esters is 1. The number of hydrogen-bond donors (Lipinski definition) is 4. The van der Waals surface area contributed by atoms with Crippen LogP contribution in [0.4, 0.5) is 5.69 Å². The van der Waals surface area contributed by atoms with Gasteiger partial charge in [-0.1, -0.05) is 48.0 Å². The van der Waals surface area contributed by atoms with Gasteiger partial charge in [-0.25, -0.2) is 4.79 Å². The maximum atomic E-state index is 13.4. The largest absolute Gasteiger partial charge is 0.508 e.